The van der Waals surface area contributed by atoms with Crippen molar-refractivity contribution >= 4 is 11.6 Å². The fourth-order valence-corrected chi connectivity index (χ4v) is 2.34. The first-order valence-electron chi connectivity index (χ1n) is 7.41. The number of amides is 1. The molecule has 0 fully saturated rings. The van der Waals surface area contributed by atoms with Gasteiger partial charge in [0.2, 0.25) is 0 Å². The van der Waals surface area contributed by atoms with Gasteiger partial charge in [0.1, 0.15) is 11.4 Å². The number of hydrogen-bond acceptors (Lipinski definition) is 3. The number of methoxy groups -OCH3 is 1. The number of H-pyrrole nitrogens is 2. The van der Waals surface area contributed by atoms with Gasteiger partial charge in [0.05, 0.1) is 12.8 Å². The van der Waals surface area contributed by atoms with Gasteiger partial charge in [0, 0.05) is 11.1 Å². The third-order valence-corrected chi connectivity index (χ3v) is 3.71. The highest BCUT2D eigenvalue weighted by Gasteiger charge is 2.15. The molecule has 3 aromatic rings. The van der Waals surface area contributed by atoms with Crippen LogP contribution in [0.1, 0.15) is 15.9 Å². The molecule has 6 heteroatoms. The zero-order valence-corrected chi connectivity index (χ0v) is 13.3. The number of carbonyl (C=O) groups is 1. The molecule has 0 atom stereocenters. The standard InChI is InChI=1S/C18H17N3O3/c1-11-3-5-13(6-4-11)17(22)19-16-15(20-21-18(16)23)12-7-9-14(24-2)10-8-12/h3-10H,1-2H3,(H,19,22)(H2,20,21,23). The van der Waals surface area contributed by atoms with Crippen LogP contribution in [0.4, 0.5) is 5.69 Å². The lowest BCUT2D eigenvalue weighted by Crippen LogP contribution is -2.17. The van der Waals surface area contributed by atoms with E-state index in [0.717, 1.165) is 11.1 Å². The van der Waals surface area contributed by atoms with E-state index in [2.05, 4.69) is 15.5 Å². The molecule has 0 spiro atoms. The van der Waals surface area contributed by atoms with Crippen LogP contribution in [0.5, 0.6) is 5.75 Å². The summed E-state index contributed by atoms with van der Waals surface area (Å²) in [5.74, 6) is 0.372. The minimum absolute atomic E-state index is 0.186. The SMILES string of the molecule is COc1ccc(-c2[nH][nH]c(=O)c2NC(=O)c2ccc(C)cc2)cc1. The summed E-state index contributed by atoms with van der Waals surface area (Å²) in [5, 5.41) is 7.98. The van der Waals surface area contributed by atoms with Crippen LogP contribution in [-0.2, 0) is 0 Å². The summed E-state index contributed by atoms with van der Waals surface area (Å²) in [7, 11) is 1.58. The maximum Gasteiger partial charge on any atom is 0.288 e. The van der Waals surface area contributed by atoms with Gasteiger partial charge >= 0.3 is 0 Å². The Morgan fingerprint density at radius 2 is 1.67 bits per heavy atom. The van der Waals surface area contributed by atoms with Gasteiger partial charge in [0.25, 0.3) is 11.5 Å². The predicted molar refractivity (Wildman–Crippen MR) is 92.5 cm³/mol. The van der Waals surface area contributed by atoms with Gasteiger partial charge in [-0.3, -0.25) is 19.8 Å². The summed E-state index contributed by atoms with van der Waals surface area (Å²) in [4.78, 5) is 24.4. The van der Waals surface area contributed by atoms with E-state index in [4.69, 9.17) is 4.74 Å². The number of anilines is 1. The summed E-state index contributed by atoms with van der Waals surface area (Å²) in [6.45, 7) is 1.94. The molecule has 3 rings (SSSR count). The molecule has 122 valence electrons. The van der Waals surface area contributed by atoms with E-state index in [1.165, 1.54) is 0 Å². The monoisotopic (exact) mass is 323 g/mol. The van der Waals surface area contributed by atoms with Crippen molar-refractivity contribution in [2.45, 2.75) is 6.92 Å². The molecule has 0 aliphatic rings. The lowest BCUT2D eigenvalue weighted by Gasteiger charge is -2.06. The predicted octanol–water partition coefficient (Wildman–Crippen LogP) is 2.94. The molecule has 0 aliphatic heterocycles. The normalized spacial score (nSPS) is 10.4. The van der Waals surface area contributed by atoms with Gasteiger partial charge in [-0.1, -0.05) is 17.7 Å². The summed E-state index contributed by atoms with van der Waals surface area (Å²) >= 11 is 0. The highest BCUT2D eigenvalue weighted by atomic mass is 16.5. The van der Waals surface area contributed by atoms with Gasteiger partial charge < -0.3 is 10.1 Å². The van der Waals surface area contributed by atoms with Crippen molar-refractivity contribution in [1.82, 2.24) is 10.2 Å². The minimum Gasteiger partial charge on any atom is -0.497 e. The van der Waals surface area contributed by atoms with E-state index >= 15 is 0 Å². The molecule has 1 amide bonds. The molecule has 24 heavy (non-hydrogen) atoms. The molecule has 0 unspecified atom stereocenters. The van der Waals surface area contributed by atoms with Crippen molar-refractivity contribution in [3.8, 4) is 17.0 Å². The Labute approximate surface area is 138 Å². The van der Waals surface area contributed by atoms with Gasteiger partial charge in [-0.15, -0.1) is 0 Å². The Kier molecular flexibility index (Phi) is 4.20. The number of carbonyl (C=O) groups excluding carboxylic acids is 1. The van der Waals surface area contributed by atoms with Crippen LogP contribution in [-0.4, -0.2) is 23.2 Å². The van der Waals surface area contributed by atoms with Crippen molar-refractivity contribution in [3.63, 3.8) is 0 Å². The van der Waals surface area contributed by atoms with Crippen LogP contribution < -0.4 is 15.6 Å². The molecule has 0 saturated heterocycles. The van der Waals surface area contributed by atoms with E-state index in [0.29, 0.717) is 17.0 Å². The Morgan fingerprint density at radius 3 is 2.29 bits per heavy atom. The number of aromatic nitrogens is 2. The molecule has 0 aliphatic carbocycles. The first-order chi connectivity index (χ1) is 11.6. The average Bonchev–Trinajstić information content (AvgIpc) is 2.96. The average molecular weight is 323 g/mol. The van der Waals surface area contributed by atoms with Gasteiger partial charge in [-0.25, -0.2) is 0 Å². The number of benzene rings is 2. The number of rotatable bonds is 4. The molecule has 3 N–H and O–H groups in total. The Bertz CT molecular complexity index is 906. The summed E-state index contributed by atoms with van der Waals surface area (Å²) in [6.07, 6.45) is 0. The molecule has 1 heterocycles. The lowest BCUT2D eigenvalue weighted by atomic mass is 10.1. The smallest absolute Gasteiger partial charge is 0.288 e. The maximum atomic E-state index is 12.4. The number of aryl methyl sites for hydroxylation is 1. The number of aromatic amines is 2. The quantitative estimate of drug-likeness (QED) is 0.690. The minimum atomic E-state index is -0.388. The van der Waals surface area contributed by atoms with Crippen LogP contribution in [0.2, 0.25) is 0 Å². The summed E-state index contributed by atoms with van der Waals surface area (Å²) in [6, 6.07) is 14.3. The Hall–Kier alpha value is -3.28. The molecule has 6 nitrogen and oxygen atoms in total. The largest absolute Gasteiger partial charge is 0.497 e. The Morgan fingerprint density at radius 1 is 1.00 bits per heavy atom. The third-order valence-electron chi connectivity index (χ3n) is 3.71. The van der Waals surface area contributed by atoms with Crippen LogP contribution in [0.15, 0.2) is 53.3 Å². The first kappa shape index (κ1) is 15.6. The van der Waals surface area contributed by atoms with Crippen LogP contribution in [0.3, 0.4) is 0 Å². The molecular formula is C18H17N3O3. The second-order valence-electron chi connectivity index (χ2n) is 5.38. The Balaban J connectivity index is 1.91. The highest BCUT2D eigenvalue weighted by molar-refractivity contribution is 6.05. The fraction of sp³-hybridized carbons (Fsp3) is 0.111. The van der Waals surface area contributed by atoms with Gasteiger partial charge in [0.15, 0.2) is 0 Å². The zero-order valence-electron chi connectivity index (χ0n) is 13.3. The molecule has 0 bridgehead atoms. The van der Waals surface area contributed by atoms with Crippen LogP contribution >= 0.6 is 0 Å². The van der Waals surface area contributed by atoms with E-state index < -0.39 is 0 Å². The van der Waals surface area contributed by atoms with Crippen molar-refractivity contribution in [3.05, 3.63) is 70.0 Å². The summed E-state index contributed by atoms with van der Waals surface area (Å²) in [5.41, 5.74) is 2.62. The molecule has 1 aromatic heterocycles. The molecule has 0 saturated carbocycles. The fourth-order valence-electron chi connectivity index (χ4n) is 2.34. The second-order valence-corrected chi connectivity index (χ2v) is 5.38. The first-order valence-corrected chi connectivity index (χ1v) is 7.41. The maximum absolute atomic E-state index is 12.4. The highest BCUT2D eigenvalue weighted by Crippen LogP contribution is 2.25. The molecule has 0 radical (unpaired) electrons. The topological polar surface area (TPSA) is 87.0 Å². The second kappa shape index (κ2) is 6.45. The van der Waals surface area contributed by atoms with Crippen molar-refractivity contribution in [2.75, 3.05) is 12.4 Å². The van der Waals surface area contributed by atoms with Gasteiger partial charge in [-0.2, -0.15) is 0 Å². The van der Waals surface area contributed by atoms with Crippen molar-refractivity contribution in [2.24, 2.45) is 0 Å². The van der Waals surface area contributed by atoms with Crippen LogP contribution in [0.25, 0.3) is 11.3 Å². The number of nitrogens with one attached hydrogen (secondary N) is 3. The van der Waals surface area contributed by atoms with E-state index in [1.807, 2.05) is 19.1 Å². The lowest BCUT2D eigenvalue weighted by molar-refractivity contribution is 0.102. The van der Waals surface area contributed by atoms with E-state index in [-0.39, 0.29) is 17.2 Å². The zero-order chi connectivity index (χ0) is 17.1. The van der Waals surface area contributed by atoms with Crippen molar-refractivity contribution in [1.29, 1.82) is 0 Å². The molecule has 2 aromatic carbocycles. The molecular weight excluding hydrogens is 306 g/mol. The summed E-state index contributed by atoms with van der Waals surface area (Å²) < 4.78 is 5.12. The van der Waals surface area contributed by atoms with E-state index in [1.54, 1.807) is 43.5 Å². The van der Waals surface area contributed by atoms with Gasteiger partial charge in [-0.05, 0) is 43.3 Å². The van der Waals surface area contributed by atoms with E-state index in [9.17, 15) is 9.59 Å². The van der Waals surface area contributed by atoms with Crippen LogP contribution in [0, 0.1) is 6.92 Å². The third kappa shape index (κ3) is 3.08. The number of ether oxygens (including phenoxy) is 1. The van der Waals surface area contributed by atoms with Crippen molar-refractivity contribution < 1.29 is 9.53 Å². The number of hydrogen-bond donors (Lipinski definition) is 3.